The van der Waals surface area contributed by atoms with Gasteiger partial charge in [0.15, 0.2) is 0 Å². The first-order valence-corrected chi connectivity index (χ1v) is 5.94. The lowest BCUT2D eigenvalue weighted by atomic mass is 9.93. The summed E-state index contributed by atoms with van der Waals surface area (Å²) in [6.45, 7) is 0.877. The second-order valence-electron chi connectivity index (χ2n) is 4.55. The van der Waals surface area contributed by atoms with Crippen LogP contribution in [-0.4, -0.2) is 12.6 Å². The number of benzene rings is 1. The van der Waals surface area contributed by atoms with Crippen LogP contribution >= 0.6 is 0 Å². The molecule has 0 amide bonds. The van der Waals surface area contributed by atoms with E-state index in [2.05, 4.69) is 23.5 Å². The topological polar surface area (TPSA) is 21.3 Å². The number of nitrogens with one attached hydrogen (secondary N) is 1. The molecule has 0 atom stereocenters. The number of hydrogen-bond acceptors (Lipinski definition) is 2. The summed E-state index contributed by atoms with van der Waals surface area (Å²) in [6, 6.07) is 7.22. The van der Waals surface area contributed by atoms with Crippen molar-refractivity contribution in [2.45, 2.75) is 38.1 Å². The van der Waals surface area contributed by atoms with E-state index < -0.39 is 0 Å². The van der Waals surface area contributed by atoms with Crippen LogP contribution in [0.25, 0.3) is 0 Å². The van der Waals surface area contributed by atoms with Gasteiger partial charge in [0.2, 0.25) is 0 Å². The van der Waals surface area contributed by atoms with Crippen molar-refractivity contribution in [1.82, 2.24) is 0 Å². The minimum absolute atomic E-state index is 0.715. The normalized spacial score (nSPS) is 20.0. The number of aryl methyl sites for hydroxylation is 1. The average molecular weight is 203 g/mol. The average Bonchev–Trinajstić information content (AvgIpc) is 2.23. The molecular formula is C13H17NO. The van der Waals surface area contributed by atoms with Crippen LogP contribution in [0.4, 0.5) is 5.69 Å². The van der Waals surface area contributed by atoms with Crippen LogP contribution in [0.5, 0.6) is 5.75 Å². The third kappa shape index (κ3) is 1.81. The Kier molecular flexibility index (Phi) is 2.28. The first-order chi connectivity index (χ1) is 7.42. The zero-order valence-corrected chi connectivity index (χ0v) is 8.96. The Balaban J connectivity index is 1.77. The number of ether oxygens (including phenoxy) is 1. The maximum absolute atomic E-state index is 5.60. The fraction of sp³-hybridized carbons (Fsp3) is 0.538. The van der Waals surface area contributed by atoms with Gasteiger partial charge in [-0.25, -0.2) is 0 Å². The summed E-state index contributed by atoms with van der Waals surface area (Å²) in [5.41, 5.74) is 2.63. The van der Waals surface area contributed by atoms with Crippen LogP contribution in [0.15, 0.2) is 18.2 Å². The van der Waals surface area contributed by atoms with E-state index >= 15 is 0 Å². The third-order valence-corrected chi connectivity index (χ3v) is 3.38. The van der Waals surface area contributed by atoms with Crippen LogP contribution < -0.4 is 10.1 Å². The highest BCUT2D eigenvalue weighted by atomic mass is 16.5. The summed E-state index contributed by atoms with van der Waals surface area (Å²) in [7, 11) is 0. The summed E-state index contributed by atoms with van der Waals surface area (Å²) in [6.07, 6.45) is 6.35. The van der Waals surface area contributed by atoms with Gasteiger partial charge in [0.05, 0.1) is 6.61 Å². The van der Waals surface area contributed by atoms with Crippen LogP contribution in [0.2, 0.25) is 0 Å². The smallest absolute Gasteiger partial charge is 0.122 e. The fourth-order valence-corrected chi connectivity index (χ4v) is 2.24. The molecule has 0 spiro atoms. The van der Waals surface area contributed by atoms with Crippen molar-refractivity contribution in [3.8, 4) is 5.75 Å². The van der Waals surface area contributed by atoms with Gasteiger partial charge in [-0.15, -0.1) is 0 Å². The van der Waals surface area contributed by atoms with Crippen LogP contribution in [0.1, 0.15) is 31.2 Å². The lowest BCUT2D eigenvalue weighted by Crippen LogP contribution is -2.27. The molecule has 1 aliphatic carbocycles. The molecule has 1 heterocycles. The van der Waals surface area contributed by atoms with E-state index in [4.69, 9.17) is 4.74 Å². The zero-order valence-electron chi connectivity index (χ0n) is 8.96. The first-order valence-electron chi connectivity index (χ1n) is 5.94. The van der Waals surface area contributed by atoms with Crippen molar-refractivity contribution in [3.63, 3.8) is 0 Å². The van der Waals surface area contributed by atoms with Crippen LogP contribution in [0.3, 0.4) is 0 Å². The van der Waals surface area contributed by atoms with E-state index in [9.17, 15) is 0 Å². The number of fused-ring (bicyclic) bond motifs is 1. The number of anilines is 1. The molecule has 0 radical (unpaired) electrons. The van der Waals surface area contributed by atoms with E-state index in [0.29, 0.717) is 6.04 Å². The van der Waals surface area contributed by atoms with Crippen molar-refractivity contribution in [3.05, 3.63) is 23.8 Å². The molecular weight excluding hydrogens is 186 g/mol. The third-order valence-electron chi connectivity index (χ3n) is 3.38. The van der Waals surface area contributed by atoms with Crippen molar-refractivity contribution in [2.24, 2.45) is 0 Å². The molecule has 80 valence electrons. The molecule has 3 rings (SSSR count). The van der Waals surface area contributed by atoms with E-state index in [-0.39, 0.29) is 0 Å². The molecule has 1 aliphatic heterocycles. The SMILES string of the molecule is c1cc2c(cc1NC1CCC1)CCCO2. The largest absolute Gasteiger partial charge is 0.493 e. The quantitative estimate of drug-likeness (QED) is 0.797. The van der Waals surface area contributed by atoms with E-state index in [0.717, 1.165) is 25.2 Å². The van der Waals surface area contributed by atoms with Gasteiger partial charge in [0.25, 0.3) is 0 Å². The molecule has 1 aromatic rings. The predicted octanol–water partition coefficient (Wildman–Crippen LogP) is 2.98. The van der Waals surface area contributed by atoms with Gasteiger partial charge in [0, 0.05) is 11.7 Å². The molecule has 0 unspecified atom stereocenters. The van der Waals surface area contributed by atoms with Gasteiger partial charge in [0.1, 0.15) is 5.75 Å². The Hall–Kier alpha value is -1.18. The van der Waals surface area contributed by atoms with Gasteiger partial charge >= 0.3 is 0 Å². The lowest BCUT2D eigenvalue weighted by Gasteiger charge is -2.28. The second kappa shape index (κ2) is 3.76. The van der Waals surface area contributed by atoms with E-state index in [1.54, 1.807) is 0 Å². The number of hydrogen-bond donors (Lipinski definition) is 1. The Bertz CT molecular complexity index is 358. The Morgan fingerprint density at radius 2 is 2.13 bits per heavy atom. The molecule has 0 saturated heterocycles. The molecule has 15 heavy (non-hydrogen) atoms. The highest BCUT2D eigenvalue weighted by molar-refractivity contribution is 5.52. The molecule has 1 fully saturated rings. The zero-order chi connectivity index (χ0) is 10.1. The molecule has 1 N–H and O–H groups in total. The molecule has 1 aromatic carbocycles. The molecule has 1 saturated carbocycles. The van der Waals surface area contributed by atoms with Crippen molar-refractivity contribution < 1.29 is 4.74 Å². The maximum Gasteiger partial charge on any atom is 0.122 e. The Morgan fingerprint density at radius 1 is 1.20 bits per heavy atom. The summed E-state index contributed by atoms with van der Waals surface area (Å²) in [5, 5.41) is 3.57. The maximum atomic E-state index is 5.60. The minimum atomic E-state index is 0.715. The van der Waals surface area contributed by atoms with Crippen molar-refractivity contribution in [1.29, 1.82) is 0 Å². The minimum Gasteiger partial charge on any atom is -0.493 e. The fourth-order valence-electron chi connectivity index (χ4n) is 2.24. The van der Waals surface area contributed by atoms with Crippen molar-refractivity contribution in [2.75, 3.05) is 11.9 Å². The van der Waals surface area contributed by atoms with Crippen molar-refractivity contribution >= 4 is 5.69 Å². The van der Waals surface area contributed by atoms with Gasteiger partial charge in [-0.3, -0.25) is 0 Å². The van der Waals surface area contributed by atoms with Gasteiger partial charge in [-0.05, 0) is 55.9 Å². The standard InChI is InChI=1S/C13H17NO/c1-4-11(5-1)14-12-6-7-13-10(9-12)3-2-8-15-13/h6-7,9,11,14H,1-5,8H2. The molecule has 0 bridgehead atoms. The summed E-state index contributed by atoms with van der Waals surface area (Å²) >= 11 is 0. The van der Waals surface area contributed by atoms with E-state index in [1.807, 2.05) is 0 Å². The molecule has 0 aromatic heterocycles. The van der Waals surface area contributed by atoms with Crippen LogP contribution in [0, 0.1) is 0 Å². The summed E-state index contributed by atoms with van der Waals surface area (Å²) < 4.78 is 5.60. The molecule has 2 nitrogen and oxygen atoms in total. The second-order valence-corrected chi connectivity index (χ2v) is 4.55. The van der Waals surface area contributed by atoms with E-state index in [1.165, 1.54) is 30.5 Å². The van der Waals surface area contributed by atoms with Crippen LogP contribution in [-0.2, 0) is 6.42 Å². The first kappa shape index (κ1) is 9.08. The highest BCUT2D eigenvalue weighted by Crippen LogP contribution is 2.29. The number of rotatable bonds is 2. The lowest BCUT2D eigenvalue weighted by molar-refractivity contribution is 0.288. The molecule has 2 aliphatic rings. The van der Waals surface area contributed by atoms with Gasteiger partial charge in [-0.2, -0.15) is 0 Å². The Labute approximate surface area is 90.6 Å². The molecule has 2 heteroatoms. The summed E-state index contributed by atoms with van der Waals surface area (Å²) in [4.78, 5) is 0. The monoisotopic (exact) mass is 203 g/mol. The van der Waals surface area contributed by atoms with Gasteiger partial charge in [-0.1, -0.05) is 0 Å². The summed E-state index contributed by atoms with van der Waals surface area (Å²) in [5.74, 6) is 1.08. The van der Waals surface area contributed by atoms with Gasteiger partial charge < -0.3 is 10.1 Å². The predicted molar refractivity (Wildman–Crippen MR) is 61.5 cm³/mol. The highest BCUT2D eigenvalue weighted by Gasteiger charge is 2.17. The Morgan fingerprint density at radius 3 is 2.93 bits per heavy atom.